The summed E-state index contributed by atoms with van der Waals surface area (Å²) in [5.41, 5.74) is 1.29. The number of benzene rings is 2. The zero-order chi connectivity index (χ0) is 13.7. The highest BCUT2D eigenvalue weighted by Gasteiger charge is 2.04. The molecule has 0 aliphatic heterocycles. The van der Waals surface area contributed by atoms with E-state index < -0.39 is 0 Å². The van der Waals surface area contributed by atoms with Gasteiger partial charge in [-0.1, -0.05) is 36.4 Å². The third kappa shape index (κ3) is 4.53. The van der Waals surface area contributed by atoms with Crippen LogP contribution in [0.25, 0.3) is 0 Å². The molecule has 19 heavy (non-hydrogen) atoms. The van der Waals surface area contributed by atoms with Crippen LogP contribution in [0.15, 0.2) is 56.7 Å². The molecule has 0 amide bonds. The standard InChI is InChI=1S/C15H15BrClNS/c1-2-18-10-11-3-8-15(14(16)9-11)19-13-6-4-12(17)5-7-13/h3-9,18H,2,10H2,1H3. The molecule has 2 rings (SSSR count). The van der Waals surface area contributed by atoms with Crippen LogP contribution in [-0.4, -0.2) is 6.54 Å². The molecule has 2 aromatic rings. The van der Waals surface area contributed by atoms with Gasteiger partial charge in [0.1, 0.15) is 0 Å². The van der Waals surface area contributed by atoms with Crippen LogP contribution in [0.2, 0.25) is 5.02 Å². The summed E-state index contributed by atoms with van der Waals surface area (Å²) >= 11 is 11.3. The van der Waals surface area contributed by atoms with Gasteiger partial charge in [-0.25, -0.2) is 0 Å². The van der Waals surface area contributed by atoms with Crippen molar-refractivity contribution in [1.29, 1.82) is 0 Å². The monoisotopic (exact) mass is 355 g/mol. The molecule has 0 aliphatic carbocycles. The first-order valence-electron chi connectivity index (χ1n) is 6.11. The average molecular weight is 357 g/mol. The van der Waals surface area contributed by atoms with Crippen molar-refractivity contribution in [3.63, 3.8) is 0 Å². The third-order valence-electron chi connectivity index (χ3n) is 2.62. The highest BCUT2D eigenvalue weighted by molar-refractivity contribution is 9.10. The van der Waals surface area contributed by atoms with E-state index in [1.165, 1.54) is 15.4 Å². The molecule has 0 atom stereocenters. The van der Waals surface area contributed by atoms with E-state index in [1.807, 2.05) is 24.3 Å². The molecule has 0 aliphatic rings. The Morgan fingerprint density at radius 1 is 1.16 bits per heavy atom. The Morgan fingerprint density at radius 3 is 2.53 bits per heavy atom. The minimum absolute atomic E-state index is 0.768. The van der Waals surface area contributed by atoms with E-state index >= 15 is 0 Å². The van der Waals surface area contributed by atoms with E-state index in [-0.39, 0.29) is 0 Å². The fourth-order valence-electron chi connectivity index (χ4n) is 1.64. The zero-order valence-electron chi connectivity index (χ0n) is 10.6. The summed E-state index contributed by atoms with van der Waals surface area (Å²) in [5, 5.41) is 4.09. The second-order valence-corrected chi connectivity index (χ2v) is 6.51. The first kappa shape index (κ1) is 14.9. The van der Waals surface area contributed by atoms with E-state index in [1.54, 1.807) is 11.8 Å². The molecule has 1 nitrogen and oxygen atoms in total. The van der Waals surface area contributed by atoms with Crippen LogP contribution in [0.1, 0.15) is 12.5 Å². The van der Waals surface area contributed by atoms with E-state index in [2.05, 4.69) is 46.4 Å². The van der Waals surface area contributed by atoms with Gasteiger partial charge in [0.2, 0.25) is 0 Å². The van der Waals surface area contributed by atoms with Gasteiger partial charge in [0, 0.05) is 25.8 Å². The van der Waals surface area contributed by atoms with Gasteiger partial charge in [-0.15, -0.1) is 0 Å². The summed E-state index contributed by atoms with van der Waals surface area (Å²) in [6, 6.07) is 14.4. The van der Waals surface area contributed by atoms with E-state index in [0.717, 1.165) is 22.6 Å². The molecule has 0 fully saturated rings. The number of hydrogen-bond acceptors (Lipinski definition) is 2. The van der Waals surface area contributed by atoms with E-state index in [4.69, 9.17) is 11.6 Å². The SMILES string of the molecule is CCNCc1ccc(Sc2ccc(Cl)cc2)c(Br)c1. The second kappa shape index (κ2) is 7.34. The molecule has 0 unspecified atom stereocenters. The summed E-state index contributed by atoms with van der Waals surface area (Å²) in [6.45, 7) is 4.00. The fraction of sp³-hybridized carbons (Fsp3) is 0.200. The lowest BCUT2D eigenvalue weighted by Gasteiger charge is -2.08. The van der Waals surface area contributed by atoms with Crippen molar-refractivity contribution < 1.29 is 0 Å². The van der Waals surface area contributed by atoms with Gasteiger partial charge < -0.3 is 5.32 Å². The molecular formula is C15H15BrClNS. The second-order valence-electron chi connectivity index (χ2n) is 4.10. The third-order valence-corrected chi connectivity index (χ3v) is 4.87. The topological polar surface area (TPSA) is 12.0 Å². The van der Waals surface area contributed by atoms with Crippen LogP contribution >= 0.6 is 39.3 Å². The van der Waals surface area contributed by atoms with Gasteiger partial charge in [-0.2, -0.15) is 0 Å². The minimum Gasteiger partial charge on any atom is -0.313 e. The molecular weight excluding hydrogens is 342 g/mol. The number of halogens is 2. The van der Waals surface area contributed by atoms with Gasteiger partial charge in [0.25, 0.3) is 0 Å². The van der Waals surface area contributed by atoms with Crippen molar-refractivity contribution in [1.82, 2.24) is 5.32 Å². The fourth-order valence-corrected chi connectivity index (χ4v) is 3.25. The predicted molar refractivity (Wildman–Crippen MR) is 87.1 cm³/mol. The minimum atomic E-state index is 0.768. The maximum absolute atomic E-state index is 5.89. The normalized spacial score (nSPS) is 10.7. The van der Waals surface area contributed by atoms with Crippen LogP contribution in [0.3, 0.4) is 0 Å². The number of nitrogens with one attached hydrogen (secondary N) is 1. The van der Waals surface area contributed by atoms with Crippen molar-refractivity contribution >= 4 is 39.3 Å². The van der Waals surface area contributed by atoms with Crippen LogP contribution in [0, 0.1) is 0 Å². The number of rotatable bonds is 5. The Hall–Kier alpha value is -0.480. The summed E-state index contributed by atoms with van der Waals surface area (Å²) in [5.74, 6) is 0. The van der Waals surface area contributed by atoms with Crippen molar-refractivity contribution in [3.05, 3.63) is 57.5 Å². The first-order chi connectivity index (χ1) is 9.19. The lowest BCUT2D eigenvalue weighted by molar-refractivity contribution is 0.726. The maximum atomic E-state index is 5.89. The molecule has 1 N–H and O–H groups in total. The van der Waals surface area contributed by atoms with Crippen LogP contribution in [-0.2, 0) is 6.54 Å². The van der Waals surface area contributed by atoms with Gasteiger partial charge in [0.05, 0.1) is 0 Å². The Balaban J connectivity index is 2.10. The first-order valence-corrected chi connectivity index (χ1v) is 8.10. The largest absolute Gasteiger partial charge is 0.313 e. The molecule has 0 aromatic heterocycles. The van der Waals surface area contributed by atoms with Crippen molar-refractivity contribution in [2.75, 3.05) is 6.54 Å². The van der Waals surface area contributed by atoms with Crippen LogP contribution < -0.4 is 5.32 Å². The molecule has 0 saturated heterocycles. The van der Waals surface area contributed by atoms with Gasteiger partial charge in [-0.3, -0.25) is 0 Å². The van der Waals surface area contributed by atoms with Crippen molar-refractivity contribution in [2.45, 2.75) is 23.3 Å². The smallest absolute Gasteiger partial charge is 0.0406 e. The van der Waals surface area contributed by atoms with E-state index in [0.29, 0.717) is 0 Å². The quantitative estimate of drug-likeness (QED) is 0.773. The summed E-state index contributed by atoms with van der Waals surface area (Å²) in [4.78, 5) is 2.40. The zero-order valence-corrected chi connectivity index (χ0v) is 13.8. The summed E-state index contributed by atoms with van der Waals surface area (Å²) in [7, 11) is 0. The summed E-state index contributed by atoms with van der Waals surface area (Å²) in [6.07, 6.45) is 0. The van der Waals surface area contributed by atoms with Crippen LogP contribution in [0.4, 0.5) is 0 Å². The van der Waals surface area contributed by atoms with E-state index in [9.17, 15) is 0 Å². The van der Waals surface area contributed by atoms with Gasteiger partial charge in [-0.05, 0) is 64.4 Å². The molecule has 0 saturated carbocycles. The molecule has 100 valence electrons. The lowest BCUT2D eigenvalue weighted by Crippen LogP contribution is -2.11. The van der Waals surface area contributed by atoms with Gasteiger partial charge in [0.15, 0.2) is 0 Å². The summed E-state index contributed by atoms with van der Waals surface area (Å²) < 4.78 is 1.13. The lowest BCUT2D eigenvalue weighted by atomic mass is 10.2. The molecule has 0 radical (unpaired) electrons. The molecule has 0 bridgehead atoms. The highest BCUT2D eigenvalue weighted by atomic mass is 79.9. The van der Waals surface area contributed by atoms with Gasteiger partial charge >= 0.3 is 0 Å². The molecule has 0 spiro atoms. The Labute approximate surface area is 131 Å². The molecule has 0 heterocycles. The maximum Gasteiger partial charge on any atom is 0.0406 e. The van der Waals surface area contributed by atoms with Crippen molar-refractivity contribution in [3.8, 4) is 0 Å². The Morgan fingerprint density at radius 2 is 1.89 bits per heavy atom. The van der Waals surface area contributed by atoms with Crippen molar-refractivity contribution in [2.24, 2.45) is 0 Å². The van der Waals surface area contributed by atoms with Crippen LogP contribution in [0.5, 0.6) is 0 Å². The molecule has 2 aromatic carbocycles. The number of hydrogen-bond donors (Lipinski definition) is 1. The highest BCUT2D eigenvalue weighted by Crippen LogP contribution is 2.34. The Bertz CT molecular complexity index is 542. The average Bonchev–Trinajstić information content (AvgIpc) is 2.41. The predicted octanol–water partition coefficient (Wildman–Crippen LogP) is 5.36. The Kier molecular flexibility index (Phi) is 5.76. The molecule has 4 heteroatoms.